The number of rotatable bonds is 2. The summed E-state index contributed by atoms with van der Waals surface area (Å²) in [5.41, 5.74) is 3.56. The molecule has 0 radical (unpaired) electrons. The minimum absolute atomic E-state index is 0.181. The molecule has 2 aromatic rings. The van der Waals surface area contributed by atoms with Crippen LogP contribution in [0.5, 0.6) is 0 Å². The Morgan fingerprint density at radius 1 is 0.789 bits per heavy atom. The Hall–Kier alpha value is -1.83. The zero-order valence-electron chi connectivity index (χ0n) is 11.0. The van der Waals surface area contributed by atoms with Crippen LogP contribution in [0.2, 0.25) is 0 Å². The fourth-order valence-corrected chi connectivity index (χ4v) is 2.76. The maximum absolute atomic E-state index is 13.0. The van der Waals surface area contributed by atoms with Gasteiger partial charge in [0, 0.05) is 24.3 Å². The van der Waals surface area contributed by atoms with Crippen molar-refractivity contribution in [3.63, 3.8) is 0 Å². The van der Waals surface area contributed by atoms with Gasteiger partial charge in [-0.2, -0.15) is 0 Å². The Kier molecular flexibility index (Phi) is 3.49. The van der Waals surface area contributed by atoms with E-state index in [0.29, 0.717) is 0 Å². The summed E-state index contributed by atoms with van der Waals surface area (Å²) in [4.78, 5) is 2.45. The monoisotopic (exact) mass is 255 g/mol. The minimum Gasteiger partial charge on any atom is -0.371 e. The molecule has 0 atom stereocenters. The van der Waals surface area contributed by atoms with Crippen molar-refractivity contribution < 1.29 is 4.39 Å². The quantitative estimate of drug-likeness (QED) is 0.764. The average Bonchev–Trinajstić information content (AvgIpc) is 2.49. The van der Waals surface area contributed by atoms with Crippen LogP contribution in [-0.4, -0.2) is 13.1 Å². The third-order valence-electron chi connectivity index (χ3n) is 3.76. The van der Waals surface area contributed by atoms with Crippen LogP contribution in [0.15, 0.2) is 48.5 Å². The highest BCUT2D eigenvalue weighted by atomic mass is 19.1. The number of para-hydroxylation sites is 1. The normalized spacial score (nSPS) is 15.5. The molecular weight excluding hydrogens is 237 g/mol. The fraction of sp³-hybridized carbons (Fsp3) is 0.294. The molecule has 1 heterocycles. The van der Waals surface area contributed by atoms with Crippen LogP contribution >= 0.6 is 0 Å². The predicted molar refractivity (Wildman–Crippen MR) is 77.9 cm³/mol. The van der Waals surface area contributed by atoms with Crippen molar-refractivity contribution in [1.82, 2.24) is 0 Å². The van der Waals surface area contributed by atoms with E-state index in [1.807, 2.05) is 18.2 Å². The van der Waals surface area contributed by atoms with Gasteiger partial charge in [-0.3, -0.25) is 0 Å². The van der Waals surface area contributed by atoms with Gasteiger partial charge in [0.05, 0.1) is 0 Å². The van der Waals surface area contributed by atoms with Crippen LogP contribution in [0.1, 0.15) is 19.3 Å². The Bertz CT molecular complexity index is 541. The molecule has 0 spiro atoms. The van der Waals surface area contributed by atoms with E-state index in [2.05, 4.69) is 23.1 Å². The highest BCUT2D eigenvalue weighted by molar-refractivity contribution is 5.78. The van der Waals surface area contributed by atoms with Gasteiger partial charge in [-0.1, -0.05) is 30.3 Å². The number of nitrogens with zero attached hydrogens (tertiary/aromatic N) is 1. The standard InChI is InChI=1S/C17H18FN/c18-15-10-8-14(9-11-15)16-6-2-3-7-17(16)19-12-4-1-5-13-19/h2-3,6-11H,1,4-5,12-13H2. The molecule has 3 rings (SSSR count). The second-order valence-electron chi connectivity index (χ2n) is 5.07. The molecule has 0 aromatic heterocycles. The molecule has 2 heteroatoms. The SMILES string of the molecule is Fc1ccc(-c2ccccc2N2CCCCC2)cc1. The van der Waals surface area contributed by atoms with Crippen molar-refractivity contribution in [1.29, 1.82) is 0 Å². The summed E-state index contributed by atoms with van der Waals surface area (Å²) in [5, 5.41) is 0. The van der Waals surface area contributed by atoms with Gasteiger partial charge in [0.2, 0.25) is 0 Å². The maximum Gasteiger partial charge on any atom is 0.123 e. The first-order valence-corrected chi connectivity index (χ1v) is 6.94. The lowest BCUT2D eigenvalue weighted by molar-refractivity contribution is 0.578. The van der Waals surface area contributed by atoms with Crippen molar-refractivity contribution in [2.45, 2.75) is 19.3 Å². The molecule has 0 bridgehead atoms. The summed E-state index contributed by atoms with van der Waals surface area (Å²) in [6.45, 7) is 2.25. The van der Waals surface area contributed by atoms with Gasteiger partial charge in [-0.25, -0.2) is 4.39 Å². The summed E-state index contributed by atoms with van der Waals surface area (Å²) in [7, 11) is 0. The van der Waals surface area contributed by atoms with Gasteiger partial charge >= 0.3 is 0 Å². The third-order valence-corrected chi connectivity index (χ3v) is 3.76. The molecule has 0 N–H and O–H groups in total. The molecule has 0 saturated carbocycles. The molecule has 98 valence electrons. The predicted octanol–water partition coefficient (Wildman–Crippen LogP) is 4.48. The van der Waals surface area contributed by atoms with Gasteiger partial charge in [0.1, 0.15) is 5.82 Å². The van der Waals surface area contributed by atoms with Gasteiger partial charge < -0.3 is 4.90 Å². The van der Waals surface area contributed by atoms with Crippen molar-refractivity contribution in [2.75, 3.05) is 18.0 Å². The van der Waals surface area contributed by atoms with Gasteiger partial charge in [-0.15, -0.1) is 0 Å². The molecule has 1 nitrogen and oxygen atoms in total. The lowest BCUT2D eigenvalue weighted by Gasteiger charge is -2.30. The van der Waals surface area contributed by atoms with E-state index < -0.39 is 0 Å². The average molecular weight is 255 g/mol. The van der Waals surface area contributed by atoms with Crippen molar-refractivity contribution in [3.8, 4) is 11.1 Å². The molecule has 1 aliphatic rings. The number of benzene rings is 2. The van der Waals surface area contributed by atoms with Crippen LogP contribution in [0.4, 0.5) is 10.1 Å². The Labute approximate surface area is 113 Å². The summed E-state index contributed by atoms with van der Waals surface area (Å²) >= 11 is 0. The molecule has 19 heavy (non-hydrogen) atoms. The zero-order chi connectivity index (χ0) is 13.1. The smallest absolute Gasteiger partial charge is 0.123 e. The Morgan fingerprint density at radius 3 is 2.21 bits per heavy atom. The first-order valence-electron chi connectivity index (χ1n) is 6.94. The lowest BCUT2D eigenvalue weighted by atomic mass is 10.0. The second kappa shape index (κ2) is 5.43. The molecule has 0 amide bonds. The van der Waals surface area contributed by atoms with Crippen molar-refractivity contribution in [3.05, 3.63) is 54.3 Å². The number of hydrogen-bond acceptors (Lipinski definition) is 1. The second-order valence-corrected chi connectivity index (χ2v) is 5.07. The topological polar surface area (TPSA) is 3.24 Å². The van der Waals surface area contributed by atoms with Crippen LogP contribution in [-0.2, 0) is 0 Å². The van der Waals surface area contributed by atoms with E-state index in [1.165, 1.54) is 42.6 Å². The summed E-state index contributed by atoms with van der Waals surface area (Å²) in [5.74, 6) is -0.181. The molecule has 1 fully saturated rings. The first-order chi connectivity index (χ1) is 9.34. The number of piperidine rings is 1. The van der Waals surface area contributed by atoms with E-state index in [-0.39, 0.29) is 5.82 Å². The maximum atomic E-state index is 13.0. The number of anilines is 1. The molecule has 0 aliphatic carbocycles. The van der Waals surface area contributed by atoms with Crippen LogP contribution in [0.3, 0.4) is 0 Å². The van der Waals surface area contributed by atoms with Gasteiger partial charge in [-0.05, 0) is 43.0 Å². The summed E-state index contributed by atoms with van der Waals surface area (Å²) in [6.07, 6.45) is 3.85. The molecular formula is C17H18FN. The Morgan fingerprint density at radius 2 is 1.47 bits per heavy atom. The van der Waals surface area contributed by atoms with E-state index in [9.17, 15) is 4.39 Å². The lowest BCUT2D eigenvalue weighted by Crippen LogP contribution is -2.29. The Balaban J connectivity index is 1.98. The first kappa shape index (κ1) is 12.2. The number of hydrogen-bond donors (Lipinski definition) is 0. The van der Waals surface area contributed by atoms with Gasteiger partial charge in [0.15, 0.2) is 0 Å². The van der Waals surface area contributed by atoms with E-state index in [4.69, 9.17) is 0 Å². The third kappa shape index (κ3) is 2.62. The molecule has 2 aromatic carbocycles. The van der Waals surface area contributed by atoms with Crippen LogP contribution in [0.25, 0.3) is 11.1 Å². The molecule has 1 aliphatic heterocycles. The van der Waals surface area contributed by atoms with E-state index in [1.54, 1.807) is 0 Å². The largest absolute Gasteiger partial charge is 0.371 e. The van der Waals surface area contributed by atoms with Crippen LogP contribution in [0, 0.1) is 5.82 Å². The molecule has 0 unspecified atom stereocenters. The summed E-state index contributed by atoms with van der Waals surface area (Å²) in [6, 6.07) is 15.2. The minimum atomic E-state index is -0.181. The van der Waals surface area contributed by atoms with Crippen LogP contribution < -0.4 is 4.90 Å². The van der Waals surface area contributed by atoms with Gasteiger partial charge in [0.25, 0.3) is 0 Å². The summed E-state index contributed by atoms with van der Waals surface area (Å²) < 4.78 is 13.0. The van der Waals surface area contributed by atoms with Crippen molar-refractivity contribution in [2.24, 2.45) is 0 Å². The van der Waals surface area contributed by atoms with E-state index >= 15 is 0 Å². The molecule has 1 saturated heterocycles. The van der Waals surface area contributed by atoms with Crippen molar-refractivity contribution >= 4 is 5.69 Å². The fourth-order valence-electron chi connectivity index (χ4n) is 2.76. The zero-order valence-corrected chi connectivity index (χ0v) is 11.0. The van der Waals surface area contributed by atoms with E-state index in [0.717, 1.165) is 18.7 Å². The highest BCUT2D eigenvalue weighted by Gasteiger charge is 2.14. The number of halogens is 1. The highest BCUT2D eigenvalue weighted by Crippen LogP contribution is 2.32.